The molecular weight excluding hydrogens is 294 g/mol. The lowest BCUT2D eigenvalue weighted by Crippen LogP contribution is -2.23. The predicted octanol–water partition coefficient (Wildman–Crippen LogP) is 3.15. The summed E-state index contributed by atoms with van der Waals surface area (Å²) in [5.41, 5.74) is 0.920. The molecule has 0 unspecified atom stereocenters. The number of carbonyl (C=O) groups is 2. The van der Waals surface area contributed by atoms with E-state index < -0.39 is 11.9 Å². The minimum Gasteiger partial charge on any atom is -0.465 e. The Labute approximate surface area is 134 Å². The highest BCUT2D eigenvalue weighted by atomic mass is 16.5. The van der Waals surface area contributed by atoms with Crippen molar-refractivity contribution in [2.75, 3.05) is 12.4 Å². The van der Waals surface area contributed by atoms with E-state index in [0.717, 1.165) is 5.69 Å². The molecule has 0 spiro atoms. The molecule has 23 heavy (non-hydrogen) atoms. The highest BCUT2D eigenvalue weighted by Gasteiger charge is 2.24. The Morgan fingerprint density at radius 2 is 1.43 bits per heavy atom. The van der Waals surface area contributed by atoms with E-state index in [4.69, 9.17) is 9.47 Å². The molecular formula is C18H17NO4. The number of methoxy groups -OCH3 is 1. The second kappa shape index (κ2) is 7.79. The van der Waals surface area contributed by atoms with E-state index in [1.807, 2.05) is 30.3 Å². The quantitative estimate of drug-likeness (QED) is 0.302. The SMILES string of the molecule is COC(=O)/C(C(=O)Oc1ccccc1)=C(/C)Nc1ccccc1. The van der Waals surface area contributed by atoms with Crippen LogP contribution >= 0.6 is 0 Å². The minimum absolute atomic E-state index is 0.180. The summed E-state index contributed by atoms with van der Waals surface area (Å²) in [6.45, 7) is 1.62. The first-order valence-corrected chi connectivity index (χ1v) is 7.00. The third-order valence-electron chi connectivity index (χ3n) is 3.03. The maximum absolute atomic E-state index is 12.3. The van der Waals surface area contributed by atoms with Gasteiger partial charge in [-0.25, -0.2) is 9.59 Å². The van der Waals surface area contributed by atoms with Gasteiger partial charge in [0.05, 0.1) is 7.11 Å². The van der Waals surface area contributed by atoms with Crippen molar-refractivity contribution in [3.63, 3.8) is 0 Å². The topological polar surface area (TPSA) is 64.6 Å². The summed E-state index contributed by atoms with van der Waals surface area (Å²) in [5.74, 6) is -1.18. The van der Waals surface area contributed by atoms with Gasteiger partial charge in [0.2, 0.25) is 0 Å². The fraction of sp³-hybridized carbons (Fsp3) is 0.111. The summed E-state index contributed by atoms with van der Waals surface area (Å²) < 4.78 is 9.91. The van der Waals surface area contributed by atoms with Crippen LogP contribution in [-0.2, 0) is 14.3 Å². The van der Waals surface area contributed by atoms with Crippen molar-refractivity contribution in [3.8, 4) is 5.75 Å². The van der Waals surface area contributed by atoms with Crippen LogP contribution in [-0.4, -0.2) is 19.0 Å². The van der Waals surface area contributed by atoms with Crippen LogP contribution in [0, 0.1) is 0 Å². The molecule has 0 amide bonds. The molecule has 118 valence electrons. The van der Waals surface area contributed by atoms with Crippen molar-refractivity contribution in [2.24, 2.45) is 0 Å². The molecule has 0 radical (unpaired) electrons. The average Bonchev–Trinajstić information content (AvgIpc) is 2.56. The van der Waals surface area contributed by atoms with Crippen molar-refractivity contribution in [1.82, 2.24) is 0 Å². The van der Waals surface area contributed by atoms with Crippen LogP contribution in [0.3, 0.4) is 0 Å². The molecule has 0 atom stereocenters. The lowest BCUT2D eigenvalue weighted by atomic mass is 10.2. The van der Waals surface area contributed by atoms with Crippen LogP contribution in [0.4, 0.5) is 5.69 Å². The number of esters is 2. The van der Waals surface area contributed by atoms with Gasteiger partial charge < -0.3 is 14.8 Å². The minimum atomic E-state index is -0.774. The van der Waals surface area contributed by atoms with Gasteiger partial charge in [-0.2, -0.15) is 0 Å². The monoisotopic (exact) mass is 311 g/mol. The summed E-state index contributed by atoms with van der Waals surface area (Å²) in [6.07, 6.45) is 0. The summed E-state index contributed by atoms with van der Waals surface area (Å²) in [4.78, 5) is 24.3. The van der Waals surface area contributed by atoms with Gasteiger partial charge in [0.25, 0.3) is 0 Å². The molecule has 0 saturated carbocycles. The summed E-state index contributed by atoms with van der Waals surface area (Å²) in [6, 6.07) is 17.7. The number of anilines is 1. The molecule has 1 N–H and O–H groups in total. The Balaban J connectivity index is 2.26. The number of nitrogens with one attached hydrogen (secondary N) is 1. The van der Waals surface area contributed by atoms with E-state index in [-0.39, 0.29) is 5.57 Å². The third-order valence-corrected chi connectivity index (χ3v) is 3.03. The van der Waals surface area contributed by atoms with E-state index in [9.17, 15) is 9.59 Å². The summed E-state index contributed by atoms with van der Waals surface area (Å²) in [5, 5.41) is 3.00. The van der Waals surface area contributed by atoms with Crippen molar-refractivity contribution in [1.29, 1.82) is 0 Å². The molecule has 0 heterocycles. The largest absolute Gasteiger partial charge is 0.465 e. The van der Waals surface area contributed by atoms with Gasteiger partial charge >= 0.3 is 11.9 Å². The van der Waals surface area contributed by atoms with Gasteiger partial charge in [0, 0.05) is 11.4 Å². The number of hydrogen-bond acceptors (Lipinski definition) is 5. The predicted molar refractivity (Wildman–Crippen MR) is 86.9 cm³/mol. The zero-order chi connectivity index (χ0) is 16.7. The van der Waals surface area contributed by atoms with Gasteiger partial charge in [0.1, 0.15) is 5.75 Å². The first-order valence-electron chi connectivity index (χ1n) is 7.00. The molecule has 0 fully saturated rings. The molecule has 0 aliphatic rings. The van der Waals surface area contributed by atoms with E-state index in [0.29, 0.717) is 11.4 Å². The Morgan fingerprint density at radius 1 is 0.870 bits per heavy atom. The van der Waals surface area contributed by atoms with Crippen molar-refractivity contribution < 1.29 is 19.1 Å². The normalized spacial score (nSPS) is 11.2. The molecule has 0 aromatic heterocycles. The second-order valence-corrected chi connectivity index (χ2v) is 4.69. The van der Waals surface area contributed by atoms with Crippen molar-refractivity contribution in [2.45, 2.75) is 6.92 Å². The highest BCUT2D eigenvalue weighted by Crippen LogP contribution is 2.16. The molecule has 2 rings (SSSR count). The van der Waals surface area contributed by atoms with Crippen LogP contribution in [0.1, 0.15) is 6.92 Å². The van der Waals surface area contributed by atoms with Gasteiger partial charge in [-0.15, -0.1) is 0 Å². The van der Waals surface area contributed by atoms with E-state index in [2.05, 4.69) is 5.32 Å². The maximum atomic E-state index is 12.3. The number of hydrogen-bond donors (Lipinski definition) is 1. The van der Waals surface area contributed by atoms with Gasteiger partial charge in [0.15, 0.2) is 5.57 Å². The molecule has 5 heteroatoms. The fourth-order valence-corrected chi connectivity index (χ4v) is 1.94. The van der Waals surface area contributed by atoms with Gasteiger partial charge in [-0.3, -0.25) is 0 Å². The van der Waals surface area contributed by atoms with Gasteiger partial charge in [-0.05, 0) is 31.2 Å². The number of carbonyl (C=O) groups excluding carboxylic acids is 2. The number of allylic oxidation sites excluding steroid dienone is 1. The average molecular weight is 311 g/mol. The number of ether oxygens (including phenoxy) is 2. The van der Waals surface area contributed by atoms with Crippen LogP contribution < -0.4 is 10.1 Å². The van der Waals surface area contributed by atoms with Gasteiger partial charge in [-0.1, -0.05) is 36.4 Å². The lowest BCUT2D eigenvalue weighted by Gasteiger charge is -2.12. The number of rotatable bonds is 5. The smallest absolute Gasteiger partial charge is 0.352 e. The molecule has 2 aromatic rings. The Hall–Kier alpha value is -3.08. The maximum Gasteiger partial charge on any atom is 0.352 e. The molecule has 0 aliphatic heterocycles. The molecule has 0 saturated heterocycles. The first-order chi connectivity index (χ1) is 11.1. The van der Waals surface area contributed by atoms with E-state index in [1.54, 1.807) is 37.3 Å². The van der Waals surface area contributed by atoms with Crippen molar-refractivity contribution >= 4 is 17.6 Å². The van der Waals surface area contributed by atoms with Crippen molar-refractivity contribution in [3.05, 3.63) is 71.9 Å². The second-order valence-electron chi connectivity index (χ2n) is 4.69. The highest BCUT2D eigenvalue weighted by molar-refractivity contribution is 6.15. The Kier molecular flexibility index (Phi) is 5.52. The first kappa shape index (κ1) is 16.3. The molecule has 2 aromatic carbocycles. The number of para-hydroxylation sites is 2. The third kappa shape index (κ3) is 4.44. The summed E-state index contributed by atoms with van der Waals surface area (Å²) in [7, 11) is 1.22. The van der Waals surface area contributed by atoms with Crippen LogP contribution in [0.2, 0.25) is 0 Å². The summed E-state index contributed by atoms with van der Waals surface area (Å²) >= 11 is 0. The lowest BCUT2D eigenvalue weighted by molar-refractivity contribution is -0.141. The molecule has 0 aliphatic carbocycles. The number of benzene rings is 2. The zero-order valence-electron chi connectivity index (χ0n) is 12.9. The van der Waals surface area contributed by atoms with Crippen LogP contribution in [0.5, 0.6) is 5.75 Å². The van der Waals surface area contributed by atoms with E-state index in [1.165, 1.54) is 7.11 Å². The zero-order valence-corrected chi connectivity index (χ0v) is 12.9. The molecule has 0 bridgehead atoms. The Bertz CT molecular complexity index is 708. The Morgan fingerprint density at radius 3 is 2.00 bits per heavy atom. The van der Waals surface area contributed by atoms with Crippen LogP contribution in [0.25, 0.3) is 0 Å². The van der Waals surface area contributed by atoms with E-state index >= 15 is 0 Å². The standard InChI is InChI=1S/C18H17NO4/c1-13(19-14-9-5-3-6-10-14)16(17(20)22-2)18(21)23-15-11-7-4-8-12-15/h3-12,19H,1-2H3/b16-13+. The fourth-order valence-electron chi connectivity index (χ4n) is 1.94. The molecule has 5 nitrogen and oxygen atoms in total. The van der Waals surface area contributed by atoms with Crippen LogP contribution in [0.15, 0.2) is 71.9 Å².